The van der Waals surface area contributed by atoms with Gasteiger partial charge in [0.1, 0.15) is 13.1 Å². The predicted molar refractivity (Wildman–Crippen MR) is 61.8 cm³/mol. The SMILES string of the molecule is CCCCN1CC[N+](C)=C1C.F[P-](F)(F)(F)(F)F. The Morgan fingerprint density at radius 1 is 1.17 bits per heavy atom. The molecule has 18 heavy (non-hydrogen) atoms. The number of amidine groups is 1. The van der Waals surface area contributed by atoms with Gasteiger partial charge in [-0.1, -0.05) is 13.3 Å². The van der Waals surface area contributed by atoms with Gasteiger partial charge in [0.25, 0.3) is 0 Å². The van der Waals surface area contributed by atoms with Crippen LogP contribution in [0.2, 0.25) is 0 Å². The van der Waals surface area contributed by atoms with E-state index in [0.29, 0.717) is 0 Å². The molecule has 0 saturated carbocycles. The molecule has 1 heterocycles. The number of nitrogens with zero attached hydrogens (tertiary/aromatic N) is 2. The summed E-state index contributed by atoms with van der Waals surface area (Å²) in [5.74, 6) is 1.44. The van der Waals surface area contributed by atoms with Crippen LogP contribution in [0.25, 0.3) is 0 Å². The van der Waals surface area contributed by atoms with Crippen LogP contribution in [0, 0.1) is 0 Å². The van der Waals surface area contributed by atoms with Crippen LogP contribution < -0.4 is 0 Å². The van der Waals surface area contributed by atoms with Crippen molar-refractivity contribution in [1.29, 1.82) is 0 Å². The van der Waals surface area contributed by atoms with Crippen LogP contribution in [-0.4, -0.2) is 42.0 Å². The Kier molecular flexibility index (Phi) is 4.73. The van der Waals surface area contributed by atoms with Crippen molar-refractivity contribution < 1.29 is 29.8 Å². The third-order valence-electron chi connectivity index (χ3n) is 2.50. The van der Waals surface area contributed by atoms with Gasteiger partial charge in [0.2, 0.25) is 5.84 Å². The third kappa shape index (κ3) is 12.0. The van der Waals surface area contributed by atoms with Crippen LogP contribution in [0.15, 0.2) is 0 Å². The number of unbranched alkanes of at least 4 members (excludes halogenated alkanes) is 1. The van der Waals surface area contributed by atoms with Gasteiger partial charge in [0.05, 0.1) is 13.6 Å². The molecule has 0 atom stereocenters. The summed E-state index contributed by atoms with van der Waals surface area (Å²) >= 11 is 0. The molecule has 0 spiro atoms. The Morgan fingerprint density at radius 2 is 1.61 bits per heavy atom. The molecule has 0 fully saturated rings. The summed E-state index contributed by atoms with van der Waals surface area (Å²) in [6.07, 6.45) is 2.62. The molecule has 0 bridgehead atoms. The van der Waals surface area contributed by atoms with Crippen molar-refractivity contribution >= 4 is 13.6 Å². The molecule has 1 aliphatic heterocycles. The zero-order valence-corrected chi connectivity index (χ0v) is 11.5. The number of halogens is 6. The van der Waals surface area contributed by atoms with Crippen molar-refractivity contribution in [2.45, 2.75) is 26.7 Å². The van der Waals surface area contributed by atoms with Crippen LogP contribution in [0.4, 0.5) is 25.2 Å². The fourth-order valence-corrected chi connectivity index (χ4v) is 1.46. The van der Waals surface area contributed by atoms with Gasteiger partial charge in [-0.15, -0.1) is 0 Å². The van der Waals surface area contributed by atoms with E-state index in [1.807, 2.05) is 0 Å². The van der Waals surface area contributed by atoms with E-state index in [1.165, 1.54) is 38.3 Å². The molecule has 0 aromatic carbocycles. The first-order valence-corrected chi connectivity index (χ1v) is 7.59. The van der Waals surface area contributed by atoms with Gasteiger partial charge < -0.3 is 0 Å². The molecular formula is C9H19F6N2P. The van der Waals surface area contributed by atoms with E-state index in [2.05, 4.69) is 30.4 Å². The normalized spacial score (nSPS) is 20.2. The van der Waals surface area contributed by atoms with Gasteiger partial charge in [-0.05, 0) is 6.42 Å². The van der Waals surface area contributed by atoms with E-state index >= 15 is 0 Å². The van der Waals surface area contributed by atoms with Crippen LogP contribution in [0.3, 0.4) is 0 Å². The fourth-order valence-electron chi connectivity index (χ4n) is 1.46. The number of likely N-dealkylation sites (N-methyl/N-ethyl adjacent to an activating group) is 1. The van der Waals surface area contributed by atoms with Crippen LogP contribution in [0.5, 0.6) is 0 Å². The zero-order valence-electron chi connectivity index (χ0n) is 10.6. The van der Waals surface area contributed by atoms with Gasteiger partial charge in [-0.25, -0.2) is 0 Å². The summed E-state index contributed by atoms with van der Waals surface area (Å²) < 4.78 is 61.5. The molecular weight excluding hydrogens is 281 g/mol. The molecule has 0 aliphatic carbocycles. The quantitative estimate of drug-likeness (QED) is 0.421. The topological polar surface area (TPSA) is 6.25 Å². The molecule has 0 N–H and O–H groups in total. The molecule has 1 aliphatic rings. The average molecular weight is 300 g/mol. The van der Waals surface area contributed by atoms with Crippen molar-refractivity contribution in [3.63, 3.8) is 0 Å². The number of rotatable bonds is 3. The van der Waals surface area contributed by atoms with Gasteiger partial charge in [-0.3, -0.25) is 9.48 Å². The second-order valence-electron chi connectivity index (χ2n) is 4.27. The fraction of sp³-hybridized carbons (Fsp3) is 0.889. The van der Waals surface area contributed by atoms with E-state index in [0.717, 1.165) is 0 Å². The molecule has 0 radical (unpaired) electrons. The summed E-state index contributed by atoms with van der Waals surface area (Å²) in [6, 6.07) is 0. The second-order valence-corrected chi connectivity index (χ2v) is 6.18. The molecule has 0 aromatic rings. The van der Waals surface area contributed by atoms with Gasteiger partial charge >= 0.3 is 33.0 Å². The predicted octanol–water partition coefficient (Wildman–Crippen LogP) is 4.55. The maximum atomic E-state index is 9.87. The summed E-state index contributed by atoms with van der Waals surface area (Å²) in [5.41, 5.74) is 0. The van der Waals surface area contributed by atoms with Gasteiger partial charge in [0.15, 0.2) is 0 Å². The Morgan fingerprint density at radius 3 is 1.89 bits per heavy atom. The summed E-state index contributed by atoms with van der Waals surface area (Å²) in [4.78, 5) is 2.48. The standard InChI is InChI=1S/C9H19N2.F6P/c1-4-5-6-11-8-7-10(3)9(11)2;1-7(2,3,4,5)6/h4-8H2,1-3H3;/q+1;-1. The molecule has 1 rings (SSSR count). The monoisotopic (exact) mass is 300 g/mol. The van der Waals surface area contributed by atoms with Crippen molar-refractivity contribution in [2.75, 3.05) is 26.7 Å². The van der Waals surface area contributed by atoms with Crippen molar-refractivity contribution in [1.82, 2.24) is 4.90 Å². The van der Waals surface area contributed by atoms with Gasteiger partial charge in [-0.2, -0.15) is 0 Å². The third-order valence-corrected chi connectivity index (χ3v) is 2.50. The van der Waals surface area contributed by atoms with E-state index in [4.69, 9.17) is 0 Å². The Balaban J connectivity index is 0.000000360. The first-order chi connectivity index (χ1) is 7.70. The first-order valence-electron chi connectivity index (χ1n) is 5.56. The average Bonchev–Trinajstić information content (AvgIpc) is 2.40. The van der Waals surface area contributed by atoms with Crippen molar-refractivity contribution in [2.24, 2.45) is 0 Å². The maximum absolute atomic E-state index is 10.7. The summed E-state index contributed by atoms with van der Waals surface area (Å²) in [5, 5.41) is 0. The Hall–Kier alpha value is -0.520. The Bertz CT molecular complexity index is 308. The molecule has 9 heteroatoms. The number of hydrogen-bond acceptors (Lipinski definition) is 1. The van der Waals surface area contributed by atoms with E-state index in [-0.39, 0.29) is 0 Å². The Labute approximate surface area is 103 Å². The van der Waals surface area contributed by atoms with Crippen molar-refractivity contribution in [3.05, 3.63) is 0 Å². The first kappa shape index (κ1) is 17.5. The molecule has 2 nitrogen and oxygen atoms in total. The minimum atomic E-state index is -10.7. The molecule has 112 valence electrons. The molecule has 0 aromatic heterocycles. The van der Waals surface area contributed by atoms with Gasteiger partial charge in [0, 0.05) is 6.92 Å². The van der Waals surface area contributed by atoms with E-state index < -0.39 is 7.81 Å². The number of hydrogen-bond donors (Lipinski definition) is 0. The molecule has 0 saturated heterocycles. The van der Waals surface area contributed by atoms with Crippen LogP contribution >= 0.6 is 7.81 Å². The zero-order chi connectivity index (χ0) is 14.7. The molecule has 0 unspecified atom stereocenters. The van der Waals surface area contributed by atoms with Crippen LogP contribution in [-0.2, 0) is 0 Å². The van der Waals surface area contributed by atoms with E-state index in [9.17, 15) is 25.2 Å². The summed E-state index contributed by atoms with van der Waals surface area (Å²) in [6.45, 7) is 8.13. The van der Waals surface area contributed by atoms with E-state index in [1.54, 1.807) is 0 Å². The minimum absolute atomic E-state index is 1.20. The molecule has 0 amide bonds. The van der Waals surface area contributed by atoms with Crippen LogP contribution in [0.1, 0.15) is 26.7 Å². The summed E-state index contributed by atoms with van der Waals surface area (Å²) in [7, 11) is -8.49. The second kappa shape index (κ2) is 4.87. The van der Waals surface area contributed by atoms with Crippen molar-refractivity contribution in [3.8, 4) is 0 Å².